The van der Waals surface area contributed by atoms with Crippen LogP contribution in [0.3, 0.4) is 0 Å². The lowest BCUT2D eigenvalue weighted by molar-refractivity contribution is 0.0768. The van der Waals surface area contributed by atoms with Crippen LogP contribution in [0.1, 0.15) is 16.6 Å². The number of aryl methyl sites for hydroxylation is 1. The number of thiophene rings is 1. The zero-order valence-corrected chi connectivity index (χ0v) is 11.2. The molecular weight excluding hydrogens is 252 g/mol. The van der Waals surface area contributed by atoms with E-state index in [0.29, 0.717) is 0 Å². The molecule has 2 aromatic rings. The number of nitrogens with one attached hydrogen (secondary N) is 1. The van der Waals surface area contributed by atoms with Crippen molar-refractivity contribution in [1.29, 1.82) is 0 Å². The number of hydrogen-bond acceptors (Lipinski definition) is 5. The Hall–Kier alpha value is -0.750. The van der Waals surface area contributed by atoms with E-state index in [4.69, 9.17) is 9.72 Å². The second kappa shape index (κ2) is 4.86. The van der Waals surface area contributed by atoms with Crippen molar-refractivity contribution >= 4 is 22.7 Å². The summed E-state index contributed by atoms with van der Waals surface area (Å²) in [6, 6.07) is 2.41. The van der Waals surface area contributed by atoms with E-state index in [1.807, 2.05) is 0 Å². The maximum absolute atomic E-state index is 5.47. The van der Waals surface area contributed by atoms with Gasteiger partial charge in [-0.15, -0.1) is 22.7 Å². The zero-order valence-electron chi connectivity index (χ0n) is 9.60. The average molecular weight is 266 g/mol. The average Bonchev–Trinajstić information content (AvgIpc) is 2.98. The smallest absolute Gasteiger partial charge is 0.113 e. The van der Waals surface area contributed by atoms with Crippen molar-refractivity contribution in [1.82, 2.24) is 10.3 Å². The van der Waals surface area contributed by atoms with E-state index < -0.39 is 0 Å². The fraction of sp³-hybridized carbons (Fsp3) is 0.417. The maximum Gasteiger partial charge on any atom is 0.113 e. The molecule has 2 aromatic heterocycles. The lowest BCUT2D eigenvalue weighted by Crippen LogP contribution is -2.34. The minimum Gasteiger partial charge on any atom is -0.378 e. The predicted molar refractivity (Wildman–Crippen MR) is 71.7 cm³/mol. The lowest BCUT2D eigenvalue weighted by Gasteiger charge is -2.21. The van der Waals surface area contributed by atoms with Crippen molar-refractivity contribution in [2.45, 2.75) is 13.0 Å². The molecule has 0 bridgehead atoms. The van der Waals surface area contributed by atoms with Gasteiger partial charge in [0.2, 0.25) is 0 Å². The molecule has 1 unspecified atom stereocenters. The van der Waals surface area contributed by atoms with Gasteiger partial charge in [0.15, 0.2) is 0 Å². The zero-order chi connectivity index (χ0) is 11.7. The van der Waals surface area contributed by atoms with E-state index in [-0.39, 0.29) is 6.04 Å². The summed E-state index contributed by atoms with van der Waals surface area (Å²) in [4.78, 5) is 6.01. The van der Waals surface area contributed by atoms with Gasteiger partial charge in [-0.2, -0.15) is 0 Å². The van der Waals surface area contributed by atoms with Crippen LogP contribution in [0.5, 0.6) is 0 Å². The van der Waals surface area contributed by atoms with Crippen LogP contribution in [-0.4, -0.2) is 24.7 Å². The summed E-state index contributed by atoms with van der Waals surface area (Å²) in [5.74, 6) is 0. The highest BCUT2D eigenvalue weighted by Gasteiger charge is 2.19. The molecule has 1 aliphatic rings. The minimum absolute atomic E-state index is 0.266. The SMILES string of the molecule is Cc1ccsc1-c1csc(C2COCCN2)n1. The van der Waals surface area contributed by atoms with Crippen LogP contribution >= 0.6 is 22.7 Å². The van der Waals surface area contributed by atoms with Gasteiger partial charge in [0.1, 0.15) is 5.01 Å². The van der Waals surface area contributed by atoms with E-state index in [2.05, 4.69) is 29.1 Å². The van der Waals surface area contributed by atoms with E-state index in [9.17, 15) is 0 Å². The molecule has 0 saturated carbocycles. The second-order valence-electron chi connectivity index (χ2n) is 4.09. The van der Waals surface area contributed by atoms with Gasteiger partial charge in [0.25, 0.3) is 0 Å². The highest BCUT2D eigenvalue weighted by molar-refractivity contribution is 7.14. The van der Waals surface area contributed by atoms with Gasteiger partial charge in [0, 0.05) is 11.9 Å². The van der Waals surface area contributed by atoms with Crippen molar-refractivity contribution in [2.24, 2.45) is 0 Å². The molecule has 0 radical (unpaired) electrons. The van der Waals surface area contributed by atoms with Crippen molar-refractivity contribution in [2.75, 3.05) is 19.8 Å². The summed E-state index contributed by atoms with van der Waals surface area (Å²) >= 11 is 3.47. The topological polar surface area (TPSA) is 34.1 Å². The molecule has 1 saturated heterocycles. The molecule has 90 valence electrons. The first kappa shape index (κ1) is 11.3. The molecule has 17 heavy (non-hydrogen) atoms. The Morgan fingerprint density at radius 1 is 1.47 bits per heavy atom. The predicted octanol–water partition coefficient (Wildman–Crippen LogP) is 2.84. The number of morpholine rings is 1. The molecule has 0 aliphatic carbocycles. The maximum atomic E-state index is 5.47. The van der Waals surface area contributed by atoms with Gasteiger partial charge in [-0.3, -0.25) is 0 Å². The van der Waals surface area contributed by atoms with Crippen LogP contribution < -0.4 is 5.32 Å². The van der Waals surface area contributed by atoms with Gasteiger partial charge < -0.3 is 10.1 Å². The molecule has 3 rings (SSSR count). The number of ether oxygens (including phenoxy) is 1. The molecular formula is C12H14N2OS2. The fourth-order valence-corrected chi connectivity index (χ4v) is 3.74. The first-order valence-corrected chi connectivity index (χ1v) is 7.41. The standard InChI is InChI=1S/C12H14N2OS2/c1-8-2-5-16-11(8)10-7-17-12(14-10)9-6-15-4-3-13-9/h2,5,7,9,13H,3-4,6H2,1H3. The van der Waals surface area contributed by atoms with Crippen molar-refractivity contribution in [3.8, 4) is 10.6 Å². The normalized spacial score (nSPS) is 20.6. The Labute approximate surface area is 108 Å². The number of thiazole rings is 1. The van der Waals surface area contributed by atoms with Crippen molar-refractivity contribution < 1.29 is 4.74 Å². The molecule has 3 heterocycles. The molecule has 5 heteroatoms. The molecule has 0 aromatic carbocycles. The highest BCUT2D eigenvalue weighted by atomic mass is 32.1. The van der Waals surface area contributed by atoms with Crippen molar-refractivity contribution in [3.05, 3.63) is 27.4 Å². The fourth-order valence-electron chi connectivity index (χ4n) is 1.91. The van der Waals surface area contributed by atoms with Gasteiger partial charge in [0.05, 0.1) is 29.8 Å². The van der Waals surface area contributed by atoms with Gasteiger partial charge in [-0.05, 0) is 23.9 Å². The molecule has 1 atom stereocenters. The molecule has 1 fully saturated rings. The summed E-state index contributed by atoms with van der Waals surface area (Å²) in [5.41, 5.74) is 2.41. The van der Waals surface area contributed by atoms with Crippen LogP contribution in [0.25, 0.3) is 10.6 Å². The molecule has 0 amide bonds. The Bertz CT molecular complexity index is 500. The van der Waals surface area contributed by atoms with Gasteiger partial charge in [-0.25, -0.2) is 4.98 Å². The number of hydrogen-bond donors (Lipinski definition) is 1. The molecule has 1 aliphatic heterocycles. The Balaban J connectivity index is 1.85. The van der Waals surface area contributed by atoms with E-state index in [0.717, 1.165) is 30.5 Å². The van der Waals surface area contributed by atoms with Crippen LogP contribution in [-0.2, 0) is 4.74 Å². The Morgan fingerprint density at radius 3 is 3.12 bits per heavy atom. The van der Waals surface area contributed by atoms with Crippen molar-refractivity contribution in [3.63, 3.8) is 0 Å². The number of aromatic nitrogens is 1. The summed E-state index contributed by atoms with van der Waals surface area (Å²) in [6.45, 7) is 4.58. The van der Waals surface area contributed by atoms with E-state index >= 15 is 0 Å². The quantitative estimate of drug-likeness (QED) is 0.907. The molecule has 3 nitrogen and oxygen atoms in total. The van der Waals surface area contributed by atoms with Crippen LogP contribution in [0, 0.1) is 6.92 Å². The third-order valence-electron chi connectivity index (χ3n) is 2.84. The third-order valence-corrected chi connectivity index (χ3v) is 4.83. The summed E-state index contributed by atoms with van der Waals surface area (Å²) in [7, 11) is 0. The monoisotopic (exact) mass is 266 g/mol. The summed E-state index contributed by atoms with van der Waals surface area (Å²) in [6.07, 6.45) is 0. The number of rotatable bonds is 2. The lowest BCUT2D eigenvalue weighted by atomic mass is 10.2. The van der Waals surface area contributed by atoms with Gasteiger partial charge >= 0.3 is 0 Å². The molecule has 1 N–H and O–H groups in total. The molecule has 0 spiro atoms. The first-order valence-electron chi connectivity index (χ1n) is 5.65. The van der Waals surface area contributed by atoms with Crippen LogP contribution in [0.2, 0.25) is 0 Å². The third kappa shape index (κ3) is 2.28. The minimum atomic E-state index is 0.266. The van der Waals surface area contributed by atoms with E-state index in [1.165, 1.54) is 10.4 Å². The van der Waals surface area contributed by atoms with Gasteiger partial charge in [-0.1, -0.05) is 0 Å². The summed E-state index contributed by atoms with van der Waals surface area (Å²) < 4.78 is 5.47. The Morgan fingerprint density at radius 2 is 2.41 bits per heavy atom. The largest absolute Gasteiger partial charge is 0.378 e. The second-order valence-corrected chi connectivity index (χ2v) is 5.89. The first-order chi connectivity index (χ1) is 8.34. The number of nitrogens with zero attached hydrogens (tertiary/aromatic N) is 1. The van der Waals surface area contributed by atoms with E-state index in [1.54, 1.807) is 22.7 Å². The van der Waals surface area contributed by atoms with Crippen LogP contribution in [0.15, 0.2) is 16.8 Å². The summed E-state index contributed by atoms with van der Waals surface area (Å²) in [5, 5.41) is 8.83. The van der Waals surface area contributed by atoms with Crippen LogP contribution in [0.4, 0.5) is 0 Å². The Kier molecular flexibility index (Phi) is 3.24. The highest BCUT2D eigenvalue weighted by Crippen LogP contribution is 2.31.